The lowest BCUT2D eigenvalue weighted by molar-refractivity contribution is 0.148. The molecule has 0 rings (SSSR count). The monoisotopic (exact) mass is 159 g/mol. The zero-order valence-electron chi connectivity index (χ0n) is 7.52. The lowest BCUT2D eigenvalue weighted by Crippen LogP contribution is -2.32. The zero-order chi connectivity index (χ0) is 8.69. The molecule has 0 aromatic rings. The Labute approximate surface area is 68.1 Å². The van der Waals surface area contributed by atoms with Crippen molar-refractivity contribution >= 4 is 6.09 Å². The summed E-state index contributed by atoms with van der Waals surface area (Å²) in [7, 11) is 0. The maximum absolute atomic E-state index is 10.8. The molecule has 66 valence electrons. The van der Waals surface area contributed by atoms with Gasteiger partial charge in [-0.3, -0.25) is 0 Å². The van der Waals surface area contributed by atoms with Gasteiger partial charge in [0.25, 0.3) is 0 Å². The number of hydrogen-bond acceptors (Lipinski definition) is 2. The summed E-state index contributed by atoms with van der Waals surface area (Å²) in [6, 6.07) is 0.221. The van der Waals surface area contributed by atoms with Crippen LogP contribution in [0.15, 0.2) is 0 Å². The lowest BCUT2D eigenvalue weighted by Gasteiger charge is -2.11. The quantitative estimate of drug-likeness (QED) is 0.680. The fraction of sp³-hybridized carbons (Fsp3) is 0.875. The van der Waals surface area contributed by atoms with Gasteiger partial charge in [0.2, 0.25) is 0 Å². The molecule has 1 atom stereocenters. The smallest absolute Gasteiger partial charge is 0.407 e. The van der Waals surface area contributed by atoms with Crippen molar-refractivity contribution in [2.24, 2.45) is 0 Å². The summed E-state index contributed by atoms with van der Waals surface area (Å²) >= 11 is 0. The number of ether oxygens (including phenoxy) is 1. The molecule has 0 radical (unpaired) electrons. The van der Waals surface area contributed by atoms with Gasteiger partial charge < -0.3 is 10.1 Å². The van der Waals surface area contributed by atoms with Gasteiger partial charge in [0.15, 0.2) is 0 Å². The van der Waals surface area contributed by atoms with E-state index in [4.69, 9.17) is 4.74 Å². The van der Waals surface area contributed by atoms with Gasteiger partial charge in [-0.2, -0.15) is 0 Å². The Balaban J connectivity index is 3.40. The molecule has 0 bridgehead atoms. The minimum Gasteiger partial charge on any atom is -0.450 e. The van der Waals surface area contributed by atoms with Crippen LogP contribution in [0, 0.1) is 0 Å². The molecule has 0 aliphatic rings. The predicted molar refractivity (Wildman–Crippen MR) is 44.5 cm³/mol. The van der Waals surface area contributed by atoms with Crippen LogP contribution in [-0.2, 0) is 4.74 Å². The molecule has 3 nitrogen and oxygen atoms in total. The molecule has 0 heterocycles. The Morgan fingerprint density at radius 2 is 2.18 bits per heavy atom. The molecule has 0 aromatic heterocycles. The van der Waals surface area contributed by atoms with Crippen molar-refractivity contribution in [3.63, 3.8) is 0 Å². The van der Waals surface area contributed by atoms with Gasteiger partial charge in [-0.1, -0.05) is 13.3 Å². The first kappa shape index (κ1) is 10.3. The number of nitrogens with one attached hydrogen (secondary N) is 1. The average molecular weight is 159 g/mol. The standard InChI is InChI=1S/C8H17NO2/c1-4-6-7(3)9-8(10)11-5-2/h7H,4-6H2,1-3H3,(H,9,10). The molecule has 1 amide bonds. The third-order valence-corrected chi connectivity index (χ3v) is 1.36. The summed E-state index contributed by atoms with van der Waals surface area (Å²) in [6.07, 6.45) is 1.76. The van der Waals surface area contributed by atoms with E-state index in [0.717, 1.165) is 12.8 Å². The Morgan fingerprint density at radius 3 is 2.64 bits per heavy atom. The highest BCUT2D eigenvalue weighted by Crippen LogP contribution is 1.94. The average Bonchev–Trinajstić information content (AvgIpc) is 1.87. The largest absolute Gasteiger partial charge is 0.450 e. The van der Waals surface area contributed by atoms with Gasteiger partial charge in [0.1, 0.15) is 0 Å². The maximum Gasteiger partial charge on any atom is 0.407 e. The summed E-state index contributed by atoms with van der Waals surface area (Å²) in [6.45, 7) is 6.29. The first-order chi connectivity index (χ1) is 5.20. The van der Waals surface area contributed by atoms with E-state index in [0.29, 0.717) is 6.61 Å². The molecule has 11 heavy (non-hydrogen) atoms. The van der Waals surface area contributed by atoms with Crippen molar-refractivity contribution in [2.75, 3.05) is 6.61 Å². The Bertz CT molecular complexity index is 115. The summed E-state index contributed by atoms with van der Waals surface area (Å²) in [5.41, 5.74) is 0. The summed E-state index contributed by atoms with van der Waals surface area (Å²) in [4.78, 5) is 10.8. The van der Waals surface area contributed by atoms with Crippen LogP contribution in [0.2, 0.25) is 0 Å². The summed E-state index contributed by atoms with van der Waals surface area (Å²) in [5.74, 6) is 0. The number of carbonyl (C=O) groups is 1. The molecule has 1 unspecified atom stereocenters. The first-order valence-electron chi connectivity index (χ1n) is 4.14. The number of amides is 1. The van der Waals surface area contributed by atoms with Crippen molar-refractivity contribution < 1.29 is 9.53 Å². The molecule has 0 saturated carbocycles. The van der Waals surface area contributed by atoms with Crippen LogP contribution in [0.1, 0.15) is 33.6 Å². The second-order valence-corrected chi connectivity index (χ2v) is 2.55. The van der Waals surface area contributed by atoms with E-state index in [2.05, 4.69) is 12.2 Å². The van der Waals surface area contributed by atoms with Crippen LogP contribution in [0.5, 0.6) is 0 Å². The van der Waals surface area contributed by atoms with Crippen LogP contribution in [-0.4, -0.2) is 18.7 Å². The third kappa shape index (κ3) is 5.70. The molecule has 0 fully saturated rings. The highest BCUT2D eigenvalue weighted by molar-refractivity contribution is 5.67. The predicted octanol–water partition coefficient (Wildman–Crippen LogP) is 1.92. The Kier molecular flexibility index (Phi) is 5.61. The van der Waals surface area contributed by atoms with Crippen LogP contribution in [0.4, 0.5) is 4.79 Å². The van der Waals surface area contributed by atoms with Crippen LogP contribution < -0.4 is 5.32 Å². The van der Waals surface area contributed by atoms with Crippen molar-refractivity contribution in [1.29, 1.82) is 0 Å². The van der Waals surface area contributed by atoms with Crippen LogP contribution >= 0.6 is 0 Å². The van der Waals surface area contributed by atoms with E-state index in [1.54, 1.807) is 6.92 Å². The van der Waals surface area contributed by atoms with E-state index in [9.17, 15) is 4.79 Å². The van der Waals surface area contributed by atoms with E-state index >= 15 is 0 Å². The van der Waals surface area contributed by atoms with Gasteiger partial charge in [-0.05, 0) is 20.3 Å². The summed E-state index contributed by atoms with van der Waals surface area (Å²) in [5, 5.41) is 2.72. The van der Waals surface area contributed by atoms with Gasteiger partial charge in [-0.15, -0.1) is 0 Å². The van der Waals surface area contributed by atoms with Crippen molar-refractivity contribution in [3.05, 3.63) is 0 Å². The number of carbonyl (C=O) groups excluding carboxylic acids is 1. The molecule has 0 aromatic carbocycles. The zero-order valence-corrected chi connectivity index (χ0v) is 7.52. The normalized spacial score (nSPS) is 12.3. The molecule has 0 aliphatic carbocycles. The number of hydrogen-bond donors (Lipinski definition) is 1. The third-order valence-electron chi connectivity index (χ3n) is 1.36. The molecule has 0 saturated heterocycles. The highest BCUT2D eigenvalue weighted by Gasteiger charge is 2.04. The van der Waals surface area contributed by atoms with Gasteiger partial charge in [0, 0.05) is 6.04 Å². The summed E-state index contributed by atoms with van der Waals surface area (Å²) < 4.78 is 4.71. The second kappa shape index (κ2) is 6.01. The highest BCUT2D eigenvalue weighted by atomic mass is 16.5. The van der Waals surface area contributed by atoms with E-state index in [1.165, 1.54) is 0 Å². The van der Waals surface area contributed by atoms with E-state index in [1.807, 2.05) is 6.92 Å². The van der Waals surface area contributed by atoms with Gasteiger partial charge in [-0.25, -0.2) is 4.79 Å². The molecule has 0 aliphatic heterocycles. The fourth-order valence-electron chi connectivity index (χ4n) is 0.879. The van der Waals surface area contributed by atoms with Gasteiger partial charge >= 0.3 is 6.09 Å². The lowest BCUT2D eigenvalue weighted by atomic mass is 10.2. The molecule has 1 N–H and O–H groups in total. The SMILES string of the molecule is CCCC(C)NC(=O)OCC. The Hall–Kier alpha value is -0.730. The first-order valence-corrected chi connectivity index (χ1v) is 4.14. The molecule has 0 spiro atoms. The van der Waals surface area contributed by atoms with Crippen LogP contribution in [0.3, 0.4) is 0 Å². The second-order valence-electron chi connectivity index (χ2n) is 2.55. The number of rotatable bonds is 4. The van der Waals surface area contributed by atoms with Crippen LogP contribution in [0.25, 0.3) is 0 Å². The number of alkyl carbamates (subject to hydrolysis) is 1. The molecular weight excluding hydrogens is 142 g/mol. The fourth-order valence-corrected chi connectivity index (χ4v) is 0.879. The van der Waals surface area contributed by atoms with Crippen molar-refractivity contribution in [2.45, 2.75) is 39.7 Å². The van der Waals surface area contributed by atoms with E-state index < -0.39 is 0 Å². The molecular formula is C8H17NO2. The Morgan fingerprint density at radius 1 is 1.55 bits per heavy atom. The van der Waals surface area contributed by atoms with Crippen molar-refractivity contribution in [1.82, 2.24) is 5.32 Å². The molecule has 3 heteroatoms. The topological polar surface area (TPSA) is 38.3 Å². The minimum absolute atomic E-state index is 0.221. The maximum atomic E-state index is 10.8. The van der Waals surface area contributed by atoms with E-state index in [-0.39, 0.29) is 12.1 Å². The van der Waals surface area contributed by atoms with Gasteiger partial charge in [0.05, 0.1) is 6.61 Å². The minimum atomic E-state index is -0.312. The van der Waals surface area contributed by atoms with Crippen molar-refractivity contribution in [3.8, 4) is 0 Å².